The zero-order chi connectivity index (χ0) is 20.0. The maximum absolute atomic E-state index is 13.3. The average Bonchev–Trinajstić information content (AvgIpc) is 3.19. The molecule has 3 aromatic rings. The number of fused-ring (bicyclic) bond motifs is 1. The molecule has 144 valence electrons. The zero-order valence-electron chi connectivity index (χ0n) is 16.5. The molecule has 0 fully saturated rings. The summed E-state index contributed by atoms with van der Waals surface area (Å²) >= 11 is 1.61. The fourth-order valence-corrected chi connectivity index (χ4v) is 4.86. The maximum atomic E-state index is 13.3. The maximum Gasteiger partial charge on any atom is 0.226 e. The van der Waals surface area contributed by atoms with Crippen LogP contribution in [0.15, 0.2) is 30.3 Å². The molecular weight excluding hydrogens is 370 g/mol. The number of hydrogen-bond donors (Lipinski definition) is 1. The quantitative estimate of drug-likeness (QED) is 0.652. The Morgan fingerprint density at radius 2 is 2.07 bits per heavy atom. The number of thiophene rings is 1. The predicted octanol–water partition coefficient (Wildman–Crippen LogP) is 4.73. The molecule has 1 aliphatic rings. The van der Waals surface area contributed by atoms with Crippen molar-refractivity contribution in [2.45, 2.75) is 46.5 Å². The van der Waals surface area contributed by atoms with Gasteiger partial charge in [0, 0.05) is 27.3 Å². The summed E-state index contributed by atoms with van der Waals surface area (Å²) in [6.07, 6.45) is 1.07. The minimum Gasteiger partial charge on any atom is -0.310 e. The van der Waals surface area contributed by atoms with Gasteiger partial charge in [0.25, 0.3) is 0 Å². The third kappa shape index (κ3) is 3.07. The first-order valence-corrected chi connectivity index (χ1v) is 10.3. The molecule has 1 atom stereocenters. The van der Waals surface area contributed by atoms with Crippen LogP contribution in [-0.2, 0) is 11.2 Å². The molecule has 28 heavy (non-hydrogen) atoms. The van der Waals surface area contributed by atoms with Crippen molar-refractivity contribution in [1.82, 2.24) is 9.78 Å². The summed E-state index contributed by atoms with van der Waals surface area (Å²) in [4.78, 5) is 27.9. The molecule has 0 bridgehead atoms. The molecule has 0 aliphatic carbocycles. The molecule has 1 aromatic carbocycles. The van der Waals surface area contributed by atoms with E-state index in [9.17, 15) is 9.59 Å². The summed E-state index contributed by atoms with van der Waals surface area (Å²) in [6, 6.07) is 10.0. The molecule has 6 heteroatoms. The van der Waals surface area contributed by atoms with E-state index in [0.29, 0.717) is 11.4 Å². The molecule has 0 unspecified atom stereocenters. The molecule has 2 aromatic heterocycles. The van der Waals surface area contributed by atoms with Gasteiger partial charge in [-0.15, -0.1) is 11.3 Å². The molecular formula is C22H23N3O2S. The number of carbonyl (C=O) groups is 2. The van der Waals surface area contributed by atoms with Gasteiger partial charge in [0.15, 0.2) is 5.78 Å². The lowest BCUT2D eigenvalue weighted by Gasteiger charge is -2.23. The Labute approximate surface area is 168 Å². The van der Waals surface area contributed by atoms with E-state index < -0.39 is 5.92 Å². The van der Waals surface area contributed by atoms with Gasteiger partial charge < -0.3 is 5.32 Å². The van der Waals surface area contributed by atoms with Gasteiger partial charge in [0.2, 0.25) is 5.91 Å². The number of anilines is 1. The molecule has 0 radical (unpaired) electrons. The lowest BCUT2D eigenvalue weighted by Crippen LogP contribution is -2.28. The van der Waals surface area contributed by atoms with Gasteiger partial charge in [0.05, 0.1) is 17.3 Å². The number of carbonyl (C=O) groups excluding carboxylic acids is 2. The smallest absolute Gasteiger partial charge is 0.226 e. The minimum absolute atomic E-state index is 0.00269. The van der Waals surface area contributed by atoms with E-state index >= 15 is 0 Å². The number of aryl methyl sites for hydroxylation is 4. The molecule has 1 amide bonds. The van der Waals surface area contributed by atoms with Crippen LogP contribution in [0.2, 0.25) is 0 Å². The van der Waals surface area contributed by atoms with Crippen LogP contribution < -0.4 is 5.32 Å². The van der Waals surface area contributed by atoms with Crippen molar-refractivity contribution in [3.05, 3.63) is 62.5 Å². The van der Waals surface area contributed by atoms with E-state index in [0.717, 1.165) is 33.1 Å². The second kappa shape index (κ2) is 7.02. The van der Waals surface area contributed by atoms with E-state index in [1.54, 1.807) is 16.0 Å². The van der Waals surface area contributed by atoms with E-state index in [1.807, 2.05) is 39.0 Å². The average molecular weight is 394 g/mol. The number of hydrogen-bond acceptors (Lipinski definition) is 4. The van der Waals surface area contributed by atoms with E-state index in [4.69, 9.17) is 0 Å². The SMILES string of the molecule is CCc1cccc(-n2nc(C)c3c2NC(=O)C[C@@H]3C(=O)c2cc(C)sc2C)c1. The van der Waals surface area contributed by atoms with Crippen LogP contribution in [0, 0.1) is 20.8 Å². The van der Waals surface area contributed by atoms with Gasteiger partial charge in [-0.05, 0) is 51.0 Å². The summed E-state index contributed by atoms with van der Waals surface area (Å²) in [7, 11) is 0. The largest absolute Gasteiger partial charge is 0.310 e. The Morgan fingerprint density at radius 3 is 2.75 bits per heavy atom. The number of amides is 1. The number of aromatic nitrogens is 2. The highest BCUT2D eigenvalue weighted by Crippen LogP contribution is 2.39. The summed E-state index contributed by atoms with van der Waals surface area (Å²) in [5.74, 6) is -0.0318. The summed E-state index contributed by atoms with van der Waals surface area (Å²) in [6.45, 7) is 7.96. The Morgan fingerprint density at radius 1 is 1.29 bits per heavy atom. The topological polar surface area (TPSA) is 64.0 Å². The van der Waals surface area contributed by atoms with Crippen LogP contribution in [0.1, 0.15) is 56.2 Å². The molecule has 3 heterocycles. The van der Waals surface area contributed by atoms with E-state index in [-0.39, 0.29) is 18.1 Å². The molecule has 1 N–H and O–H groups in total. The number of benzene rings is 1. The first-order valence-electron chi connectivity index (χ1n) is 9.49. The second-order valence-corrected chi connectivity index (χ2v) is 8.74. The molecule has 0 spiro atoms. The van der Waals surface area contributed by atoms with Crippen molar-refractivity contribution in [3.8, 4) is 5.69 Å². The fraction of sp³-hybridized carbons (Fsp3) is 0.318. The minimum atomic E-state index is -0.500. The first kappa shape index (κ1) is 18.6. The van der Waals surface area contributed by atoms with Crippen molar-refractivity contribution in [2.24, 2.45) is 0 Å². The first-order chi connectivity index (χ1) is 13.4. The van der Waals surface area contributed by atoms with Crippen molar-refractivity contribution in [3.63, 3.8) is 0 Å². The van der Waals surface area contributed by atoms with Crippen LogP contribution in [0.5, 0.6) is 0 Å². The van der Waals surface area contributed by atoms with Crippen LogP contribution in [-0.4, -0.2) is 21.5 Å². The van der Waals surface area contributed by atoms with Crippen LogP contribution in [0.3, 0.4) is 0 Å². The lowest BCUT2D eigenvalue weighted by molar-refractivity contribution is -0.116. The third-order valence-corrected chi connectivity index (χ3v) is 6.25. The standard InChI is InChI=1S/C22H23N3O2S/c1-5-15-7-6-8-16(10-15)25-22-20(13(3)24-25)18(11-19(26)23-22)21(27)17-9-12(2)28-14(17)4/h6-10,18H,5,11H2,1-4H3,(H,23,26)/t18-/m0/s1. The molecule has 0 saturated carbocycles. The summed E-state index contributed by atoms with van der Waals surface area (Å²) < 4.78 is 1.76. The van der Waals surface area contributed by atoms with Gasteiger partial charge in [-0.1, -0.05) is 19.1 Å². The van der Waals surface area contributed by atoms with Gasteiger partial charge in [0.1, 0.15) is 5.82 Å². The van der Waals surface area contributed by atoms with Gasteiger partial charge in [-0.3, -0.25) is 9.59 Å². The Kier molecular flexibility index (Phi) is 4.67. The summed E-state index contributed by atoms with van der Waals surface area (Å²) in [5, 5.41) is 7.63. The van der Waals surface area contributed by atoms with E-state index in [1.165, 1.54) is 5.56 Å². The Bertz CT molecular complexity index is 1090. The normalized spacial score (nSPS) is 16.0. The van der Waals surface area contributed by atoms with E-state index in [2.05, 4.69) is 29.5 Å². The van der Waals surface area contributed by atoms with Gasteiger partial charge in [-0.25, -0.2) is 4.68 Å². The number of nitrogens with one attached hydrogen (secondary N) is 1. The van der Waals surface area contributed by atoms with Crippen molar-refractivity contribution >= 4 is 28.8 Å². The second-order valence-electron chi connectivity index (χ2n) is 7.28. The van der Waals surface area contributed by atoms with Gasteiger partial charge in [-0.2, -0.15) is 5.10 Å². The highest BCUT2D eigenvalue weighted by atomic mass is 32.1. The Balaban J connectivity index is 1.83. The van der Waals surface area contributed by atoms with Gasteiger partial charge >= 0.3 is 0 Å². The number of Topliss-reactive ketones (excluding diaryl/α,β-unsaturated/α-hetero) is 1. The van der Waals surface area contributed by atoms with Crippen LogP contribution in [0.4, 0.5) is 5.82 Å². The predicted molar refractivity (Wildman–Crippen MR) is 112 cm³/mol. The molecule has 4 rings (SSSR count). The molecule has 5 nitrogen and oxygen atoms in total. The van der Waals surface area contributed by atoms with Crippen molar-refractivity contribution in [1.29, 1.82) is 0 Å². The lowest BCUT2D eigenvalue weighted by atomic mass is 9.85. The zero-order valence-corrected chi connectivity index (χ0v) is 17.3. The third-order valence-electron chi connectivity index (χ3n) is 5.29. The Hall–Kier alpha value is -2.73. The highest BCUT2D eigenvalue weighted by molar-refractivity contribution is 7.12. The van der Waals surface area contributed by atoms with Crippen LogP contribution in [0.25, 0.3) is 5.69 Å². The summed E-state index contributed by atoms with van der Waals surface area (Å²) in [5.41, 5.74) is 4.40. The number of rotatable bonds is 4. The monoisotopic (exact) mass is 393 g/mol. The highest BCUT2D eigenvalue weighted by Gasteiger charge is 2.37. The number of nitrogens with zero attached hydrogens (tertiary/aromatic N) is 2. The van der Waals surface area contributed by atoms with Crippen LogP contribution >= 0.6 is 11.3 Å². The molecule has 0 saturated heterocycles. The number of ketones is 1. The molecule has 1 aliphatic heterocycles. The van der Waals surface area contributed by atoms with Crippen molar-refractivity contribution in [2.75, 3.05) is 5.32 Å². The fourth-order valence-electron chi connectivity index (χ4n) is 3.93. The van der Waals surface area contributed by atoms with Crippen molar-refractivity contribution < 1.29 is 9.59 Å².